The summed E-state index contributed by atoms with van der Waals surface area (Å²) in [5.74, 6) is 1.97. The Morgan fingerprint density at radius 3 is 3.12 bits per heavy atom. The number of nitrogens with one attached hydrogen (secondary N) is 1. The van der Waals surface area contributed by atoms with Crippen molar-refractivity contribution in [2.45, 2.75) is 18.9 Å². The van der Waals surface area contributed by atoms with Crippen molar-refractivity contribution < 1.29 is 14.2 Å². The zero-order chi connectivity index (χ0) is 17.6. The highest BCUT2D eigenvalue weighted by Gasteiger charge is 2.23. The van der Waals surface area contributed by atoms with Gasteiger partial charge in [-0.2, -0.15) is 14.9 Å². The van der Waals surface area contributed by atoms with Crippen molar-refractivity contribution in [3.63, 3.8) is 0 Å². The second-order valence-corrected chi connectivity index (χ2v) is 5.84. The molecule has 7 nitrogen and oxygen atoms in total. The van der Waals surface area contributed by atoms with Gasteiger partial charge in [0, 0.05) is 6.61 Å². The van der Waals surface area contributed by atoms with Crippen LogP contribution in [0.5, 0.6) is 11.5 Å². The summed E-state index contributed by atoms with van der Waals surface area (Å²) < 4.78 is 18.6. The monoisotopic (exact) mass is 360 g/mol. The van der Waals surface area contributed by atoms with E-state index in [1.807, 2.05) is 18.2 Å². The van der Waals surface area contributed by atoms with E-state index in [1.54, 1.807) is 24.1 Å². The van der Waals surface area contributed by atoms with Crippen LogP contribution >= 0.6 is 12.2 Å². The molecule has 0 bridgehead atoms. The number of aromatic nitrogens is 3. The first-order chi connectivity index (χ1) is 12.2. The molecule has 1 aliphatic rings. The zero-order valence-corrected chi connectivity index (χ0v) is 14.8. The van der Waals surface area contributed by atoms with Crippen LogP contribution in [0.3, 0.4) is 0 Å². The van der Waals surface area contributed by atoms with Gasteiger partial charge in [0.2, 0.25) is 4.77 Å². The first-order valence-corrected chi connectivity index (χ1v) is 8.38. The number of H-pyrrole nitrogens is 1. The molecule has 0 spiro atoms. The summed E-state index contributed by atoms with van der Waals surface area (Å²) in [6, 6.07) is 5.57. The molecule has 132 valence electrons. The van der Waals surface area contributed by atoms with Crippen molar-refractivity contribution in [3.05, 3.63) is 47.0 Å². The minimum Gasteiger partial charge on any atom is -0.493 e. The number of benzene rings is 1. The van der Waals surface area contributed by atoms with Crippen LogP contribution in [0, 0.1) is 4.77 Å². The molecule has 1 atom stereocenters. The second kappa shape index (κ2) is 8.09. The second-order valence-electron chi connectivity index (χ2n) is 5.45. The lowest BCUT2D eigenvalue weighted by Crippen LogP contribution is -2.05. The molecule has 1 fully saturated rings. The summed E-state index contributed by atoms with van der Waals surface area (Å²) >= 11 is 5.26. The fourth-order valence-electron chi connectivity index (χ4n) is 2.56. The fourth-order valence-corrected chi connectivity index (χ4v) is 2.75. The standard InChI is InChI=1S/C17H20N4O3S/c1-3-8-23-13-7-6-12(10-15(13)22-2)11-18-21-16(19-20-17(21)25)14-5-4-9-24-14/h3,6-7,10-11,14H,1,4-5,8-9H2,2H3,(H,20,25)/b18-11-/t14-/m0/s1. The van der Waals surface area contributed by atoms with Gasteiger partial charge in [-0.3, -0.25) is 5.10 Å². The van der Waals surface area contributed by atoms with Gasteiger partial charge in [0.1, 0.15) is 12.7 Å². The van der Waals surface area contributed by atoms with Crippen LogP contribution in [0.4, 0.5) is 0 Å². The summed E-state index contributed by atoms with van der Waals surface area (Å²) in [7, 11) is 1.60. The molecule has 8 heteroatoms. The van der Waals surface area contributed by atoms with E-state index in [9.17, 15) is 0 Å². The normalized spacial score (nSPS) is 17.1. The first-order valence-electron chi connectivity index (χ1n) is 7.98. The zero-order valence-electron chi connectivity index (χ0n) is 14.0. The van der Waals surface area contributed by atoms with Crippen molar-refractivity contribution in [2.24, 2.45) is 5.10 Å². The Kier molecular flexibility index (Phi) is 5.62. The Morgan fingerprint density at radius 2 is 2.40 bits per heavy atom. The Morgan fingerprint density at radius 1 is 1.52 bits per heavy atom. The average molecular weight is 360 g/mol. The van der Waals surface area contributed by atoms with E-state index < -0.39 is 0 Å². The van der Waals surface area contributed by atoms with Crippen LogP contribution in [0.25, 0.3) is 0 Å². The van der Waals surface area contributed by atoms with Crippen molar-refractivity contribution in [2.75, 3.05) is 20.3 Å². The van der Waals surface area contributed by atoms with Gasteiger partial charge in [-0.05, 0) is 48.8 Å². The minimum atomic E-state index is -0.0747. The minimum absolute atomic E-state index is 0.0747. The quantitative estimate of drug-likeness (QED) is 0.466. The largest absolute Gasteiger partial charge is 0.493 e. The van der Waals surface area contributed by atoms with Crippen LogP contribution in [0.1, 0.15) is 30.3 Å². The third-order valence-corrected chi connectivity index (χ3v) is 4.02. The molecular weight excluding hydrogens is 340 g/mol. The van der Waals surface area contributed by atoms with Gasteiger partial charge in [0.05, 0.1) is 13.3 Å². The van der Waals surface area contributed by atoms with E-state index >= 15 is 0 Å². The maximum atomic E-state index is 5.67. The van der Waals surface area contributed by atoms with Gasteiger partial charge < -0.3 is 14.2 Å². The number of hydrogen-bond donors (Lipinski definition) is 1. The molecule has 3 rings (SSSR count). The Hall–Kier alpha value is -2.45. The van der Waals surface area contributed by atoms with Crippen molar-refractivity contribution in [3.8, 4) is 11.5 Å². The maximum Gasteiger partial charge on any atom is 0.216 e. The summed E-state index contributed by atoms with van der Waals surface area (Å²) in [5, 5.41) is 11.5. The molecule has 1 aromatic heterocycles. The molecule has 0 aliphatic carbocycles. The van der Waals surface area contributed by atoms with Gasteiger partial charge in [-0.25, -0.2) is 0 Å². The fraction of sp³-hybridized carbons (Fsp3) is 0.353. The highest BCUT2D eigenvalue weighted by molar-refractivity contribution is 7.71. The summed E-state index contributed by atoms with van der Waals surface area (Å²) in [5.41, 5.74) is 0.851. The van der Waals surface area contributed by atoms with Crippen LogP contribution in [0.2, 0.25) is 0 Å². The molecule has 25 heavy (non-hydrogen) atoms. The molecule has 1 N–H and O–H groups in total. The smallest absolute Gasteiger partial charge is 0.216 e. The molecule has 0 radical (unpaired) electrons. The van der Waals surface area contributed by atoms with Gasteiger partial charge >= 0.3 is 0 Å². The predicted octanol–water partition coefficient (Wildman–Crippen LogP) is 3.25. The number of rotatable bonds is 7. The van der Waals surface area contributed by atoms with Crippen molar-refractivity contribution in [1.29, 1.82) is 0 Å². The number of ether oxygens (including phenoxy) is 3. The lowest BCUT2D eigenvalue weighted by atomic mass is 10.2. The van der Waals surface area contributed by atoms with Gasteiger partial charge in [-0.15, -0.1) is 0 Å². The van der Waals surface area contributed by atoms with Crippen LogP contribution in [0.15, 0.2) is 36.0 Å². The SMILES string of the molecule is C=CCOc1ccc(/C=N\n2c([C@@H]3CCCO3)n[nH]c2=S)cc1OC. The lowest BCUT2D eigenvalue weighted by Gasteiger charge is -2.10. The van der Waals surface area contributed by atoms with Gasteiger partial charge in [-0.1, -0.05) is 12.7 Å². The van der Waals surface area contributed by atoms with E-state index in [0.29, 0.717) is 28.7 Å². The Balaban J connectivity index is 1.83. The average Bonchev–Trinajstić information content (AvgIpc) is 3.28. The van der Waals surface area contributed by atoms with Gasteiger partial charge in [0.25, 0.3) is 0 Å². The highest BCUT2D eigenvalue weighted by atomic mass is 32.1. The Bertz CT molecular complexity index is 822. The third kappa shape index (κ3) is 3.97. The molecule has 0 unspecified atom stereocenters. The molecule has 2 aromatic rings. The van der Waals surface area contributed by atoms with Crippen molar-refractivity contribution >= 4 is 18.4 Å². The Labute approximate surface area is 150 Å². The van der Waals surface area contributed by atoms with Crippen LogP contribution in [-0.2, 0) is 4.74 Å². The number of nitrogens with zero attached hydrogens (tertiary/aromatic N) is 3. The molecule has 0 amide bonds. The molecule has 1 saturated heterocycles. The summed E-state index contributed by atoms with van der Waals surface area (Å²) in [4.78, 5) is 0. The lowest BCUT2D eigenvalue weighted by molar-refractivity contribution is 0.102. The maximum absolute atomic E-state index is 5.67. The first kappa shape index (κ1) is 17.4. The molecule has 1 aliphatic heterocycles. The van der Waals surface area contributed by atoms with E-state index in [4.69, 9.17) is 26.4 Å². The van der Waals surface area contributed by atoms with Crippen LogP contribution in [-0.4, -0.2) is 41.4 Å². The molecule has 1 aromatic carbocycles. The molecule has 2 heterocycles. The van der Waals surface area contributed by atoms with E-state index in [0.717, 1.165) is 25.0 Å². The summed E-state index contributed by atoms with van der Waals surface area (Å²) in [6.07, 6.45) is 5.23. The predicted molar refractivity (Wildman–Crippen MR) is 97.0 cm³/mol. The van der Waals surface area contributed by atoms with Crippen LogP contribution < -0.4 is 9.47 Å². The number of methoxy groups -OCH3 is 1. The number of aromatic amines is 1. The third-order valence-electron chi connectivity index (χ3n) is 3.76. The van der Waals surface area contributed by atoms with E-state index in [-0.39, 0.29) is 6.10 Å². The van der Waals surface area contributed by atoms with E-state index in [1.165, 1.54) is 0 Å². The molecular formula is C17H20N4O3S. The molecule has 0 saturated carbocycles. The highest BCUT2D eigenvalue weighted by Crippen LogP contribution is 2.28. The van der Waals surface area contributed by atoms with Crippen molar-refractivity contribution in [1.82, 2.24) is 14.9 Å². The topological polar surface area (TPSA) is 73.7 Å². The van der Waals surface area contributed by atoms with Gasteiger partial charge in [0.15, 0.2) is 17.3 Å². The number of hydrogen-bond acceptors (Lipinski definition) is 6. The summed E-state index contributed by atoms with van der Waals surface area (Å²) in [6.45, 7) is 4.79. The van der Waals surface area contributed by atoms with E-state index in [2.05, 4.69) is 21.9 Å².